The largest absolute Gasteiger partial charge is 0.504 e. The summed E-state index contributed by atoms with van der Waals surface area (Å²) in [6, 6.07) is 5.09. The standard InChI is InChI=1S/C38H58O4/c1-23(2)24(3)8-9-25(4)31-13-14-32-29-12-11-28-22-27(16-18-37(28,5)33(29)17-19-38(31,32)6)30(36(40)41)20-26-10-15-34(39)35(21-26)42-7/h10,15,20-21,23-25,27-29,31-33,39H,8-9,11-14,16-19,22H2,1-7H3,(H,40,41)/b30-20+/t24?,25-,27?,28?,29?,31-,32?,33?,37+,38-/m1/s1. The predicted molar refractivity (Wildman–Crippen MR) is 171 cm³/mol. The van der Waals surface area contributed by atoms with Gasteiger partial charge in [-0.15, -0.1) is 0 Å². The van der Waals surface area contributed by atoms with Crippen LogP contribution in [0.1, 0.15) is 118 Å². The second kappa shape index (κ2) is 12.2. The van der Waals surface area contributed by atoms with E-state index in [2.05, 4.69) is 41.5 Å². The van der Waals surface area contributed by atoms with Crippen molar-refractivity contribution in [1.82, 2.24) is 0 Å². The minimum Gasteiger partial charge on any atom is -0.504 e. The zero-order valence-electron chi connectivity index (χ0n) is 27.5. The zero-order valence-corrected chi connectivity index (χ0v) is 27.5. The van der Waals surface area contributed by atoms with Crippen LogP contribution in [0.5, 0.6) is 11.5 Å². The lowest BCUT2D eigenvalue weighted by atomic mass is 9.43. The topological polar surface area (TPSA) is 66.8 Å². The molecule has 0 aromatic heterocycles. The Labute approximate surface area is 255 Å². The summed E-state index contributed by atoms with van der Waals surface area (Å²) in [5, 5.41) is 20.3. The van der Waals surface area contributed by atoms with Crippen molar-refractivity contribution in [2.45, 2.75) is 112 Å². The van der Waals surface area contributed by atoms with Crippen molar-refractivity contribution in [3.8, 4) is 11.5 Å². The fourth-order valence-corrected chi connectivity index (χ4v) is 10.9. The number of phenols is 1. The second-order valence-corrected chi connectivity index (χ2v) is 16.0. The first-order chi connectivity index (χ1) is 19.9. The first-order valence-electron chi connectivity index (χ1n) is 17.2. The number of hydrogen-bond donors (Lipinski definition) is 2. The van der Waals surface area contributed by atoms with Gasteiger partial charge in [0.25, 0.3) is 0 Å². The number of rotatable bonds is 9. The smallest absolute Gasteiger partial charge is 0.331 e. The maximum atomic E-state index is 12.5. The summed E-state index contributed by atoms with van der Waals surface area (Å²) in [5.74, 6) is 6.15. The molecule has 0 spiro atoms. The van der Waals surface area contributed by atoms with Crippen molar-refractivity contribution >= 4 is 12.0 Å². The Balaban J connectivity index is 1.29. The van der Waals surface area contributed by atoms with E-state index in [-0.39, 0.29) is 11.7 Å². The van der Waals surface area contributed by atoms with Crippen molar-refractivity contribution in [2.24, 2.45) is 64.1 Å². The van der Waals surface area contributed by atoms with Crippen LogP contribution in [-0.4, -0.2) is 23.3 Å². The van der Waals surface area contributed by atoms with E-state index >= 15 is 0 Å². The van der Waals surface area contributed by atoms with Gasteiger partial charge in [-0.25, -0.2) is 4.79 Å². The van der Waals surface area contributed by atoms with Gasteiger partial charge in [0.1, 0.15) is 0 Å². The van der Waals surface area contributed by atoms with Crippen LogP contribution in [0.4, 0.5) is 0 Å². The summed E-state index contributed by atoms with van der Waals surface area (Å²) in [5.41, 5.74) is 2.13. The number of carboxylic acid groups (broad SMARTS) is 1. The SMILES string of the molecule is COc1cc(/C=C(/C(=O)O)C2CC[C@@]3(C)C(CCC4C3CC[C@@]3(C)C4CC[C@@H]3[C@H](C)CCC(C)C(C)C)C2)ccc1O. The number of methoxy groups -OCH3 is 1. The molecule has 6 unspecified atom stereocenters. The molecule has 0 bridgehead atoms. The van der Waals surface area contributed by atoms with Crippen LogP contribution in [0.25, 0.3) is 6.08 Å². The summed E-state index contributed by atoms with van der Waals surface area (Å²) in [7, 11) is 1.52. The van der Waals surface area contributed by atoms with Crippen molar-refractivity contribution in [3.63, 3.8) is 0 Å². The highest BCUT2D eigenvalue weighted by Crippen LogP contribution is 2.69. The summed E-state index contributed by atoms with van der Waals surface area (Å²) in [4.78, 5) is 12.5. The van der Waals surface area contributed by atoms with E-state index < -0.39 is 5.97 Å². The Kier molecular flexibility index (Phi) is 9.13. The zero-order chi connectivity index (χ0) is 30.4. The minimum absolute atomic E-state index is 0.0732. The predicted octanol–water partition coefficient (Wildman–Crippen LogP) is 9.85. The van der Waals surface area contributed by atoms with E-state index in [9.17, 15) is 15.0 Å². The number of fused-ring (bicyclic) bond motifs is 5. The van der Waals surface area contributed by atoms with Gasteiger partial charge in [0.05, 0.1) is 7.11 Å². The lowest BCUT2D eigenvalue weighted by Gasteiger charge is -2.61. The van der Waals surface area contributed by atoms with E-state index in [0.29, 0.717) is 28.1 Å². The number of aromatic hydroxyl groups is 1. The first-order valence-corrected chi connectivity index (χ1v) is 17.2. The lowest BCUT2D eigenvalue weighted by molar-refractivity contribution is -0.135. The van der Waals surface area contributed by atoms with Crippen molar-refractivity contribution in [1.29, 1.82) is 0 Å². The molecule has 2 N–H and O–H groups in total. The van der Waals surface area contributed by atoms with Crippen LogP contribution >= 0.6 is 0 Å². The average molecular weight is 579 g/mol. The molecule has 4 nitrogen and oxygen atoms in total. The van der Waals surface area contributed by atoms with Crippen LogP contribution < -0.4 is 4.74 Å². The molecular weight excluding hydrogens is 520 g/mol. The lowest BCUT2D eigenvalue weighted by Crippen LogP contribution is -2.53. The number of carbonyl (C=O) groups is 1. The number of hydrogen-bond acceptors (Lipinski definition) is 3. The maximum Gasteiger partial charge on any atom is 0.331 e. The van der Waals surface area contributed by atoms with Gasteiger partial charge in [-0.1, -0.05) is 60.5 Å². The third-order valence-electron chi connectivity index (χ3n) is 13.9. The van der Waals surface area contributed by atoms with Gasteiger partial charge < -0.3 is 14.9 Å². The molecule has 234 valence electrons. The fourth-order valence-electron chi connectivity index (χ4n) is 10.9. The average Bonchev–Trinajstić information content (AvgIpc) is 3.32. The molecule has 10 atom stereocenters. The molecule has 42 heavy (non-hydrogen) atoms. The van der Waals surface area contributed by atoms with E-state index in [1.807, 2.05) is 6.08 Å². The van der Waals surface area contributed by atoms with Gasteiger partial charge in [0.2, 0.25) is 0 Å². The monoisotopic (exact) mass is 578 g/mol. The highest BCUT2D eigenvalue weighted by molar-refractivity contribution is 5.93. The molecule has 4 fully saturated rings. The molecule has 1 aromatic carbocycles. The van der Waals surface area contributed by atoms with Crippen molar-refractivity contribution in [3.05, 3.63) is 29.3 Å². The molecule has 0 amide bonds. The summed E-state index contributed by atoms with van der Waals surface area (Å²) < 4.78 is 5.27. The number of ether oxygens (including phenoxy) is 1. The van der Waals surface area contributed by atoms with Gasteiger partial charge in [-0.05, 0) is 146 Å². The molecule has 4 aliphatic carbocycles. The molecule has 4 aliphatic rings. The van der Waals surface area contributed by atoms with Crippen LogP contribution in [0.2, 0.25) is 0 Å². The molecule has 0 heterocycles. The molecule has 5 rings (SSSR count). The van der Waals surface area contributed by atoms with Crippen LogP contribution in [0, 0.1) is 64.1 Å². The van der Waals surface area contributed by atoms with Gasteiger partial charge in [-0.3, -0.25) is 0 Å². The Morgan fingerprint density at radius 1 is 0.976 bits per heavy atom. The molecule has 0 radical (unpaired) electrons. The summed E-state index contributed by atoms with van der Waals surface area (Å²) in [6.45, 7) is 15.0. The first kappa shape index (κ1) is 31.5. The van der Waals surface area contributed by atoms with E-state index in [1.165, 1.54) is 58.5 Å². The Morgan fingerprint density at radius 2 is 1.69 bits per heavy atom. The maximum absolute atomic E-state index is 12.5. The molecule has 0 saturated heterocycles. The highest BCUT2D eigenvalue weighted by Gasteiger charge is 2.60. The normalized spacial score (nSPS) is 37.9. The Morgan fingerprint density at radius 3 is 2.38 bits per heavy atom. The number of carboxylic acids is 1. The van der Waals surface area contributed by atoms with Crippen LogP contribution in [0.3, 0.4) is 0 Å². The number of benzene rings is 1. The van der Waals surface area contributed by atoms with Gasteiger partial charge in [0.15, 0.2) is 11.5 Å². The van der Waals surface area contributed by atoms with Crippen LogP contribution in [-0.2, 0) is 4.79 Å². The Bertz CT molecular complexity index is 1150. The molecule has 1 aromatic rings. The molecule has 4 heteroatoms. The number of aliphatic carboxylic acids is 1. The third kappa shape index (κ3) is 5.65. The minimum atomic E-state index is -0.813. The summed E-state index contributed by atoms with van der Waals surface area (Å²) in [6.07, 6.45) is 15.9. The number of phenolic OH excluding ortho intramolecular Hbond substituents is 1. The van der Waals surface area contributed by atoms with Gasteiger partial charge in [0, 0.05) is 5.57 Å². The van der Waals surface area contributed by atoms with Crippen molar-refractivity contribution < 1.29 is 19.7 Å². The van der Waals surface area contributed by atoms with E-state index in [4.69, 9.17) is 4.74 Å². The fraction of sp³-hybridized carbons (Fsp3) is 0.763. The molecule has 4 saturated carbocycles. The van der Waals surface area contributed by atoms with Crippen LogP contribution in [0.15, 0.2) is 23.8 Å². The van der Waals surface area contributed by atoms with Crippen molar-refractivity contribution in [2.75, 3.05) is 7.11 Å². The van der Waals surface area contributed by atoms with E-state index in [0.717, 1.165) is 66.3 Å². The van der Waals surface area contributed by atoms with Gasteiger partial charge in [-0.2, -0.15) is 0 Å². The second-order valence-electron chi connectivity index (χ2n) is 16.0. The molecular formula is C38H58O4. The Hall–Kier alpha value is -1.97. The van der Waals surface area contributed by atoms with Gasteiger partial charge >= 0.3 is 5.97 Å². The highest BCUT2D eigenvalue weighted by atomic mass is 16.5. The quantitative estimate of drug-likeness (QED) is 0.286. The molecule has 0 aliphatic heterocycles. The third-order valence-corrected chi connectivity index (χ3v) is 13.9. The summed E-state index contributed by atoms with van der Waals surface area (Å²) >= 11 is 0. The van der Waals surface area contributed by atoms with E-state index in [1.54, 1.807) is 18.2 Å².